The fourth-order valence-electron chi connectivity index (χ4n) is 2.96. The first-order chi connectivity index (χ1) is 12.2. The van der Waals surface area contributed by atoms with Crippen LogP contribution in [0.3, 0.4) is 0 Å². The lowest BCUT2D eigenvalue weighted by Gasteiger charge is -2.10. The summed E-state index contributed by atoms with van der Waals surface area (Å²) < 4.78 is 5.47. The summed E-state index contributed by atoms with van der Waals surface area (Å²) in [6.45, 7) is 0. The normalized spacial score (nSPS) is 10.8. The molecule has 0 saturated carbocycles. The highest BCUT2D eigenvalue weighted by Gasteiger charge is 2.08. The van der Waals surface area contributed by atoms with Crippen molar-refractivity contribution in [2.24, 2.45) is 5.73 Å². The van der Waals surface area contributed by atoms with Crippen molar-refractivity contribution in [2.45, 2.75) is 25.7 Å². The van der Waals surface area contributed by atoms with Gasteiger partial charge in [-0.15, -0.1) is 0 Å². The van der Waals surface area contributed by atoms with Crippen molar-refractivity contribution in [3.05, 3.63) is 71.3 Å². The summed E-state index contributed by atoms with van der Waals surface area (Å²) in [5.41, 5.74) is 9.61. The Morgan fingerprint density at radius 1 is 1.08 bits per heavy atom. The minimum atomic E-state index is -0.243. The molecule has 4 nitrogen and oxygen atoms in total. The molecule has 0 unspecified atom stereocenters. The van der Waals surface area contributed by atoms with Gasteiger partial charge in [0.25, 0.3) is 0 Å². The fraction of sp³-hybridized carbons (Fsp3) is 0.238. The average molecular weight is 334 g/mol. The van der Waals surface area contributed by atoms with Gasteiger partial charge in [0, 0.05) is 23.8 Å². The predicted octanol–water partition coefficient (Wildman–Crippen LogP) is 3.64. The molecule has 0 bridgehead atoms. The lowest BCUT2D eigenvalue weighted by molar-refractivity contribution is -0.118. The molecular weight excluding hydrogens is 312 g/mol. The van der Waals surface area contributed by atoms with Gasteiger partial charge in [-0.1, -0.05) is 42.5 Å². The number of benzene rings is 2. The number of nitrogens with zero attached hydrogens (tertiary/aromatic N) is 1. The zero-order valence-electron chi connectivity index (χ0n) is 14.4. The molecule has 1 aromatic heterocycles. The van der Waals surface area contributed by atoms with E-state index in [2.05, 4.69) is 41.4 Å². The molecule has 1 heterocycles. The Balaban J connectivity index is 1.75. The number of hydrogen-bond acceptors (Lipinski definition) is 3. The Kier molecular flexibility index (Phi) is 5.29. The van der Waals surface area contributed by atoms with Crippen LogP contribution in [0.2, 0.25) is 0 Å². The molecule has 2 N–H and O–H groups in total. The Morgan fingerprint density at radius 3 is 2.52 bits per heavy atom. The van der Waals surface area contributed by atoms with Crippen LogP contribution in [-0.4, -0.2) is 18.0 Å². The van der Waals surface area contributed by atoms with Crippen LogP contribution in [-0.2, 0) is 17.6 Å². The van der Waals surface area contributed by atoms with Crippen molar-refractivity contribution in [1.82, 2.24) is 4.98 Å². The standard InChI is InChI=1S/C21H22N2O2/c1-25-21-18(14-17-6-2-3-7-19(17)23-21)13-16-11-9-15(10-12-16)5-4-8-20(22)24/h2-3,6-7,9-12,14H,4-5,8,13H2,1H3,(H2,22,24). The molecule has 1 amide bonds. The highest BCUT2D eigenvalue weighted by Crippen LogP contribution is 2.24. The van der Waals surface area contributed by atoms with Crippen molar-refractivity contribution in [2.75, 3.05) is 7.11 Å². The number of fused-ring (bicyclic) bond motifs is 1. The van der Waals surface area contributed by atoms with Crippen LogP contribution in [0.4, 0.5) is 0 Å². The first kappa shape index (κ1) is 17.0. The van der Waals surface area contributed by atoms with Crippen molar-refractivity contribution < 1.29 is 9.53 Å². The molecule has 0 aliphatic carbocycles. The maximum atomic E-state index is 10.8. The van der Waals surface area contributed by atoms with E-state index < -0.39 is 0 Å². The van der Waals surface area contributed by atoms with E-state index >= 15 is 0 Å². The van der Waals surface area contributed by atoms with Gasteiger partial charge in [-0.25, -0.2) is 4.98 Å². The van der Waals surface area contributed by atoms with Crippen molar-refractivity contribution in [3.8, 4) is 5.88 Å². The topological polar surface area (TPSA) is 65.2 Å². The van der Waals surface area contributed by atoms with Gasteiger partial charge < -0.3 is 10.5 Å². The molecule has 25 heavy (non-hydrogen) atoms. The second-order valence-corrected chi connectivity index (χ2v) is 6.16. The number of para-hydroxylation sites is 1. The number of ether oxygens (including phenoxy) is 1. The van der Waals surface area contributed by atoms with Crippen molar-refractivity contribution in [3.63, 3.8) is 0 Å². The van der Waals surface area contributed by atoms with E-state index in [9.17, 15) is 4.79 Å². The maximum Gasteiger partial charge on any atom is 0.217 e. The number of hydrogen-bond donors (Lipinski definition) is 1. The summed E-state index contributed by atoms with van der Waals surface area (Å²) in [5, 5.41) is 1.11. The largest absolute Gasteiger partial charge is 0.481 e. The summed E-state index contributed by atoms with van der Waals surface area (Å²) >= 11 is 0. The number of carbonyl (C=O) groups is 1. The number of pyridine rings is 1. The van der Waals surface area contributed by atoms with E-state index in [1.54, 1.807) is 7.11 Å². The lowest BCUT2D eigenvalue weighted by atomic mass is 10.0. The van der Waals surface area contributed by atoms with Crippen molar-refractivity contribution >= 4 is 16.8 Å². The van der Waals surface area contributed by atoms with Crippen LogP contribution < -0.4 is 10.5 Å². The number of aromatic nitrogens is 1. The molecule has 0 saturated heterocycles. The van der Waals surface area contributed by atoms with Crippen LogP contribution in [0, 0.1) is 0 Å². The van der Waals surface area contributed by atoms with Gasteiger partial charge in [-0.3, -0.25) is 4.79 Å². The Morgan fingerprint density at radius 2 is 1.80 bits per heavy atom. The maximum absolute atomic E-state index is 10.8. The molecule has 0 atom stereocenters. The molecule has 3 rings (SSSR count). The summed E-state index contributed by atoms with van der Waals surface area (Å²) in [4.78, 5) is 15.4. The molecule has 2 aromatic carbocycles. The third kappa shape index (κ3) is 4.35. The summed E-state index contributed by atoms with van der Waals surface area (Å²) in [6, 6.07) is 18.6. The molecule has 0 aliphatic heterocycles. The van der Waals surface area contributed by atoms with E-state index in [1.165, 1.54) is 11.1 Å². The Labute approximate surface area is 147 Å². The Bertz CT molecular complexity index is 873. The summed E-state index contributed by atoms with van der Waals surface area (Å²) in [6.07, 6.45) is 2.85. The lowest BCUT2D eigenvalue weighted by Crippen LogP contribution is -2.10. The second-order valence-electron chi connectivity index (χ2n) is 6.16. The SMILES string of the molecule is COc1nc2ccccc2cc1Cc1ccc(CCCC(N)=O)cc1. The molecule has 0 radical (unpaired) electrons. The number of amides is 1. The van der Waals surface area contributed by atoms with Crippen LogP contribution in [0.15, 0.2) is 54.6 Å². The molecule has 0 fully saturated rings. The monoisotopic (exact) mass is 334 g/mol. The van der Waals surface area contributed by atoms with Crippen LogP contribution in [0.25, 0.3) is 10.9 Å². The number of aryl methyl sites for hydroxylation is 1. The number of rotatable bonds is 7. The van der Waals surface area contributed by atoms with Crippen LogP contribution in [0.5, 0.6) is 5.88 Å². The second kappa shape index (κ2) is 7.79. The predicted molar refractivity (Wildman–Crippen MR) is 99.7 cm³/mol. The van der Waals surface area contributed by atoms with Gasteiger partial charge in [0.2, 0.25) is 11.8 Å². The van der Waals surface area contributed by atoms with E-state index in [0.29, 0.717) is 12.3 Å². The highest BCUT2D eigenvalue weighted by molar-refractivity contribution is 5.80. The zero-order chi connectivity index (χ0) is 17.6. The van der Waals surface area contributed by atoms with E-state index in [1.807, 2.05) is 18.2 Å². The molecule has 128 valence electrons. The third-order valence-corrected chi connectivity index (χ3v) is 4.26. The van der Waals surface area contributed by atoms with Gasteiger partial charge >= 0.3 is 0 Å². The average Bonchev–Trinajstić information content (AvgIpc) is 2.62. The molecule has 4 heteroatoms. The highest BCUT2D eigenvalue weighted by atomic mass is 16.5. The van der Waals surface area contributed by atoms with E-state index in [0.717, 1.165) is 35.7 Å². The molecular formula is C21H22N2O2. The smallest absolute Gasteiger partial charge is 0.217 e. The Hall–Kier alpha value is -2.88. The van der Waals surface area contributed by atoms with Crippen LogP contribution in [0.1, 0.15) is 29.5 Å². The van der Waals surface area contributed by atoms with Gasteiger partial charge in [0.15, 0.2) is 0 Å². The van der Waals surface area contributed by atoms with Crippen molar-refractivity contribution in [1.29, 1.82) is 0 Å². The number of primary amides is 1. The van der Waals surface area contributed by atoms with Gasteiger partial charge in [-0.2, -0.15) is 0 Å². The van der Waals surface area contributed by atoms with E-state index in [-0.39, 0.29) is 5.91 Å². The quantitative estimate of drug-likeness (QED) is 0.717. The van der Waals surface area contributed by atoms with E-state index in [4.69, 9.17) is 10.5 Å². The summed E-state index contributed by atoms with van der Waals surface area (Å²) in [7, 11) is 1.66. The molecule has 0 aliphatic rings. The minimum absolute atomic E-state index is 0.243. The molecule has 3 aromatic rings. The van der Waals surface area contributed by atoms with Crippen LogP contribution >= 0.6 is 0 Å². The first-order valence-electron chi connectivity index (χ1n) is 8.44. The first-order valence-corrected chi connectivity index (χ1v) is 8.44. The minimum Gasteiger partial charge on any atom is -0.481 e. The van der Waals surface area contributed by atoms with Gasteiger partial charge in [-0.05, 0) is 36.1 Å². The number of nitrogens with two attached hydrogens (primary N) is 1. The summed E-state index contributed by atoms with van der Waals surface area (Å²) in [5.74, 6) is 0.428. The van der Waals surface area contributed by atoms with Gasteiger partial charge in [0.05, 0.1) is 12.6 Å². The number of methoxy groups -OCH3 is 1. The zero-order valence-corrected chi connectivity index (χ0v) is 14.4. The third-order valence-electron chi connectivity index (χ3n) is 4.26. The van der Waals surface area contributed by atoms with Gasteiger partial charge in [0.1, 0.15) is 0 Å². The fourth-order valence-corrected chi connectivity index (χ4v) is 2.96. The molecule has 0 spiro atoms. The number of carbonyl (C=O) groups excluding carboxylic acids is 1.